The first-order valence-corrected chi connectivity index (χ1v) is 10.1. The predicted octanol–water partition coefficient (Wildman–Crippen LogP) is 3.33. The fraction of sp³-hybridized carbons (Fsp3) is 0.722. The molecular weight excluding hydrogens is 351 g/mol. The van der Waals surface area contributed by atoms with Crippen molar-refractivity contribution in [2.24, 2.45) is 5.92 Å². The van der Waals surface area contributed by atoms with E-state index in [0.29, 0.717) is 31.2 Å². The zero-order valence-corrected chi connectivity index (χ0v) is 17.3. The summed E-state index contributed by atoms with van der Waals surface area (Å²) in [6.45, 7) is 11.8. The Hall–Kier alpha value is -1.25. The highest BCUT2D eigenvalue weighted by molar-refractivity contribution is 7.09. The van der Waals surface area contributed by atoms with Crippen molar-refractivity contribution in [1.29, 1.82) is 0 Å². The van der Waals surface area contributed by atoms with E-state index in [9.17, 15) is 9.59 Å². The van der Waals surface area contributed by atoms with Crippen molar-refractivity contribution >= 4 is 30.9 Å². The van der Waals surface area contributed by atoms with E-state index in [-0.39, 0.29) is 12.1 Å². The smallest absolute Gasteiger partial charge is 0.357 e. The van der Waals surface area contributed by atoms with Crippen LogP contribution in [0.5, 0.6) is 0 Å². The van der Waals surface area contributed by atoms with Crippen molar-refractivity contribution in [3.8, 4) is 0 Å². The van der Waals surface area contributed by atoms with Gasteiger partial charge in [0.05, 0.1) is 12.8 Å². The zero-order valence-electron chi connectivity index (χ0n) is 16.4. The van der Waals surface area contributed by atoms with Crippen LogP contribution < -0.4 is 0 Å². The highest BCUT2D eigenvalue weighted by atomic mass is 32.1. The molecule has 26 heavy (non-hydrogen) atoms. The van der Waals surface area contributed by atoms with Crippen molar-refractivity contribution in [1.82, 2.24) is 9.79 Å². The second kappa shape index (κ2) is 12.2. The third-order valence-corrected chi connectivity index (χ3v) is 4.97. The number of carbonyl (C=O) groups is 2. The molecule has 6 nitrogen and oxygen atoms in total. The van der Waals surface area contributed by atoms with E-state index in [1.54, 1.807) is 19.7 Å². The maximum atomic E-state index is 11.9. The van der Waals surface area contributed by atoms with Gasteiger partial charge in [0, 0.05) is 18.0 Å². The maximum Gasteiger partial charge on any atom is 0.357 e. The minimum Gasteiger partial charge on any atom is -0.461 e. The van der Waals surface area contributed by atoms with Gasteiger partial charge in [0.2, 0.25) is 0 Å². The molecule has 0 unspecified atom stereocenters. The van der Waals surface area contributed by atoms with Crippen LogP contribution in [0.3, 0.4) is 0 Å². The molecule has 1 radical (unpaired) electrons. The lowest BCUT2D eigenvalue weighted by Gasteiger charge is -2.35. The molecule has 1 rings (SSSR count). The first kappa shape index (κ1) is 22.8. The highest BCUT2D eigenvalue weighted by Crippen LogP contribution is 2.30. The number of rotatable bonds is 13. The topological polar surface area (TPSA) is 68.7 Å². The Bertz CT molecular complexity index is 553. The zero-order chi connectivity index (χ0) is 19.5. The summed E-state index contributed by atoms with van der Waals surface area (Å²) in [5.41, 5.74) is 0.322. The number of aromatic nitrogens is 1. The predicted molar refractivity (Wildman–Crippen MR) is 105 cm³/mol. The summed E-state index contributed by atoms with van der Waals surface area (Å²) in [5, 5.41) is 2.48. The molecule has 1 aromatic heterocycles. The number of nitrogens with zero attached hydrogens (tertiary/aromatic N) is 2. The molecule has 0 saturated heterocycles. The van der Waals surface area contributed by atoms with Gasteiger partial charge in [0.15, 0.2) is 5.69 Å². The minimum absolute atomic E-state index is 0.145. The fourth-order valence-corrected chi connectivity index (χ4v) is 3.72. The molecule has 0 amide bonds. The van der Waals surface area contributed by atoms with Crippen LogP contribution in [0, 0.1) is 5.92 Å². The number of thiazole rings is 1. The molecule has 0 fully saturated rings. The largest absolute Gasteiger partial charge is 0.461 e. The van der Waals surface area contributed by atoms with E-state index in [4.69, 9.17) is 9.47 Å². The Morgan fingerprint density at radius 3 is 2.62 bits per heavy atom. The van der Waals surface area contributed by atoms with E-state index in [2.05, 4.69) is 30.6 Å². The lowest BCUT2D eigenvalue weighted by Crippen LogP contribution is -2.43. The molecule has 0 aliphatic rings. The van der Waals surface area contributed by atoms with Crippen molar-refractivity contribution in [3.05, 3.63) is 16.1 Å². The molecule has 0 spiro atoms. The molecule has 1 heterocycles. The Morgan fingerprint density at radius 1 is 1.35 bits per heavy atom. The molecule has 0 aliphatic carbocycles. The average Bonchev–Trinajstić information content (AvgIpc) is 3.08. The molecule has 0 aromatic carbocycles. The Labute approximate surface area is 161 Å². The van der Waals surface area contributed by atoms with Crippen LogP contribution >= 0.6 is 11.3 Å². The van der Waals surface area contributed by atoms with Crippen LogP contribution in [-0.4, -0.2) is 55.2 Å². The SMILES string of the molecule is CCCN([B]C=O)[C@@H](C[C@H](OCC)c1nc(C(=O)OCC)cs1)C(C)C. The van der Waals surface area contributed by atoms with Crippen molar-refractivity contribution in [3.63, 3.8) is 0 Å². The van der Waals surface area contributed by atoms with Crippen molar-refractivity contribution in [2.45, 2.75) is 59.6 Å². The normalized spacial score (nSPS) is 13.7. The van der Waals surface area contributed by atoms with Crippen LogP contribution in [0.15, 0.2) is 5.38 Å². The lowest BCUT2D eigenvalue weighted by atomic mass is 9.85. The summed E-state index contributed by atoms with van der Waals surface area (Å²) in [4.78, 5) is 29.4. The molecule has 1 aromatic rings. The standard InChI is InChI=1S/C18H30BN2O4S/c1-6-9-21(19-12-22)15(13(4)5)10-16(24-7-2)17-20-14(11-26-17)18(23)25-8-3/h11-13,15-16H,6-10H2,1-5H3/t15-,16-/m0/s1. The van der Waals surface area contributed by atoms with E-state index >= 15 is 0 Å². The van der Waals surface area contributed by atoms with Gasteiger partial charge in [-0.1, -0.05) is 20.8 Å². The molecule has 0 aliphatic heterocycles. The highest BCUT2D eigenvalue weighted by Gasteiger charge is 2.28. The second-order valence-corrected chi connectivity index (χ2v) is 7.20. The van der Waals surface area contributed by atoms with Gasteiger partial charge >= 0.3 is 5.97 Å². The van der Waals surface area contributed by atoms with Crippen LogP contribution in [-0.2, 0) is 14.3 Å². The van der Waals surface area contributed by atoms with Gasteiger partial charge in [0.25, 0.3) is 7.41 Å². The first-order chi connectivity index (χ1) is 12.5. The quantitative estimate of drug-likeness (QED) is 0.297. The Kier molecular flexibility index (Phi) is 10.7. The summed E-state index contributed by atoms with van der Waals surface area (Å²) >= 11 is 1.41. The summed E-state index contributed by atoms with van der Waals surface area (Å²) < 4.78 is 10.9. The van der Waals surface area contributed by atoms with Crippen LogP contribution in [0.2, 0.25) is 0 Å². The molecule has 0 N–H and O–H groups in total. The van der Waals surface area contributed by atoms with Gasteiger partial charge in [-0.15, -0.1) is 11.3 Å². The molecular formula is C18H30BN2O4S. The van der Waals surface area contributed by atoms with Gasteiger partial charge < -0.3 is 19.1 Å². The van der Waals surface area contributed by atoms with Gasteiger partial charge in [-0.25, -0.2) is 9.78 Å². The number of carbonyl (C=O) groups excluding carboxylic acids is 2. The molecule has 8 heteroatoms. The summed E-state index contributed by atoms with van der Waals surface area (Å²) in [7, 11) is 1.61. The summed E-state index contributed by atoms with van der Waals surface area (Å²) in [6.07, 6.45) is 2.27. The molecule has 2 atom stereocenters. The first-order valence-electron chi connectivity index (χ1n) is 9.26. The van der Waals surface area contributed by atoms with Crippen LogP contribution in [0.1, 0.15) is 69.1 Å². The van der Waals surface area contributed by atoms with E-state index in [1.807, 2.05) is 6.92 Å². The average molecular weight is 381 g/mol. The number of hydrogen-bond acceptors (Lipinski definition) is 7. The third kappa shape index (κ3) is 6.81. The van der Waals surface area contributed by atoms with Gasteiger partial charge in [0.1, 0.15) is 11.1 Å². The second-order valence-electron chi connectivity index (χ2n) is 6.31. The minimum atomic E-state index is -0.410. The Morgan fingerprint density at radius 2 is 2.08 bits per heavy atom. The summed E-state index contributed by atoms with van der Waals surface area (Å²) in [5.74, 6) is -0.0715. The van der Waals surface area contributed by atoms with Crippen LogP contribution in [0.4, 0.5) is 0 Å². The van der Waals surface area contributed by atoms with Gasteiger partial charge in [-0.2, -0.15) is 0 Å². The summed E-state index contributed by atoms with van der Waals surface area (Å²) in [6, 6.07) is 0.145. The lowest BCUT2D eigenvalue weighted by molar-refractivity contribution is 0.0337. The van der Waals surface area contributed by atoms with Crippen molar-refractivity contribution < 1.29 is 19.1 Å². The molecule has 0 saturated carbocycles. The third-order valence-electron chi connectivity index (χ3n) is 4.04. The van der Waals surface area contributed by atoms with E-state index < -0.39 is 5.97 Å². The molecule has 145 valence electrons. The van der Waals surface area contributed by atoms with Gasteiger partial charge in [-0.3, -0.25) is 0 Å². The fourth-order valence-electron chi connectivity index (χ4n) is 2.87. The number of esters is 1. The number of hydrogen-bond donors (Lipinski definition) is 0. The van der Waals surface area contributed by atoms with Crippen LogP contribution in [0.25, 0.3) is 0 Å². The number of ether oxygens (including phenoxy) is 2. The Balaban J connectivity index is 2.99. The molecule has 0 bridgehead atoms. The van der Waals surface area contributed by atoms with E-state index in [1.165, 1.54) is 11.3 Å². The van der Waals surface area contributed by atoms with Crippen molar-refractivity contribution in [2.75, 3.05) is 19.8 Å². The monoisotopic (exact) mass is 381 g/mol. The van der Waals surface area contributed by atoms with E-state index in [0.717, 1.165) is 24.2 Å². The maximum absolute atomic E-state index is 11.9. The van der Waals surface area contributed by atoms with Gasteiger partial charge in [-0.05, 0) is 39.2 Å².